The Hall–Kier alpha value is -2.03. The summed E-state index contributed by atoms with van der Waals surface area (Å²) in [5, 5.41) is 37.9. The molecule has 1 fully saturated rings. The maximum atomic E-state index is 14.0. The van der Waals surface area contributed by atoms with Crippen LogP contribution in [0.4, 0.5) is 8.78 Å². The molecule has 0 radical (unpaired) electrons. The number of benzene rings is 2. The van der Waals surface area contributed by atoms with E-state index in [2.05, 4.69) is 10.3 Å². The smallest absolute Gasteiger partial charge is 0.329 e. The van der Waals surface area contributed by atoms with Gasteiger partial charge in [0.1, 0.15) is 58.7 Å². The van der Waals surface area contributed by atoms with Crippen LogP contribution in [0.15, 0.2) is 41.4 Å². The van der Waals surface area contributed by atoms with E-state index in [4.69, 9.17) is 44.3 Å². The van der Waals surface area contributed by atoms with E-state index in [0.717, 1.165) is 23.9 Å². The van der Waals surface area contributed by atoms with Crippen molar-refractivity contribution in [2.24, 2.45) is 0 Å². The molecule has 3 N–H and O–H groups in total. The highest BCUT2D eigenvalue weighted by Gasteiger charge is 2.48. The largest absolute Gasteiger partial charge is 0.480 e. The molecule has 1 saturated heterocycles. The first-order valence-electron chi connectivity index (χ1n) is 10.5. The highest BCUT2D eigenvalue weighted by atomic mass is 35.5. The lowest BCUT2D eigenvalue weighted by Crippen LogP contribution is -2.56. The van der Waals surface area contributed by atoms with Gasteiger partial charge in [0.05, 0.1) is 22.8 Å². The van der Waals surface area contributed by atoms with Gasteiger partial charge in [-0.25, -0.2) is 18.3 Å². The van der Waals surface area contributed by atoms with Crippen LogP contribution in [0, 0.1) is 11.6 Å². The molecular weight excluding hydrogens is 579 g/mol. The molecule has 1 aliphatic heterocycles. The maximum absolute atomic E-state index is 14.0. The van der Waals surface area contributed by atoms with E-state index in [-0.39, 0.29) is 16.3 Å². The van der Waals surface area contributed by atoms with Crippen LogP contribution in [0.1, 0.15) is 6.04 Å². The molecule has 9 nitrogen and oxygen atoms in total. The van der Waals surface area contributed by atoms with E-state index in [9.17, 15) is 28.9 Å². The van der Waals surface area contributed by atoms with Gasteiger partial charge >= 0.3 is 5.97 Å². The second-order valence-corrected chi connectivity index (χ2v) is 10.3. The van der Waals surface area contributed by atoms with Crippen LogP contribution >= 0.6 is 46.6 Å². The quantitative estimate of drug-likeness (QED) is 0.330. The Labute approximate surface area is 227 Å². The zero-order valence-electron chi connectivity index (χ0n) is 18.5. The summed E-state index contributed by atoms with van der Waals surface area (Å²) in [6, 6.07) is 5.61. The third-order valence-corrected chi connectivity index (χ3v) is 7.70. The molecule has 0 amide bonds. The van der Waals surface area contributed by atoms with Gasteiger partial charge in [0, 0.05) is 10.5 Å². The van der Waals surface area contributed by atoms with Gasteiger partial charge in [-0.3, -0.25) is 0 Å². The molecule has 1 aliphatic rings. The zero-order chi connectivity index (χ0) is 26.9. The number of aliphatic hydroxyl groups excluding tert-OH is 2. The minimum atomic E-state index is -1.43. The molecular formula is C22H18Cl3F2N3O6S. The second-order valence-electron chi connectivity index (χ2n) is 7.91. The van der Waals surface area contributed by atoms with Crippen LogP contribution < -0.4 is 0 Å². The normalized spacial score (nSPS) is 23.8. The summed E-state index contributed by atoms with van der Waals surface area (Å²) in [5.74, 6) is -3.28. The summed E-state index contributed by atoms with van der Waals surface area (Å²) >= 11 is 18.7. The number of thioether (sulfide) groups is 1. The number of halogens is 5. The van der Waals surface area contributed by atoms with Gasteiger partial charge in [-0.05, 0) is 30.3 Å². The number of aromatic nitrogens is 3. The van der Waals surface area contributed by atoms with Gasteiger partial charge in [-0.1, -0.05) is 51.8 Å². The van der Waals surface area contributed by atoms with Crippen LogP contribution in [-0.4, -0.2) is 73.2 Å². The van der Waals surface area contributed by atoms with Crippen molar-refractivity contribution in [2.75, 3.05) is 13.2 Å². The third kappa shape index (κ3) is 6.18. The van der Waals surface area contributed by atoms with Gasteiger partial charge in [-0.2, -0.15) is 0 Å². The standard InChI is InChI=1S/C22H18Cl3F2N3O6S/c23-11-2-1-10(5-12(11)24)37-22-21(35-8-17(32)33)19(20(34)16(7-31)36-22)30-6-15(28-29-30)9-3-13(26)18(25)14(27)4-9/h1-6,16,19-22,31,34H,7-8H2,(H,32,33)/t16?,19?,20-,21-,22+/m0/s1. The van der Waals surface area contributed by atoms with Gasteiger partial charge in [0.25, 0.3) is 0 Å². The Bertz CT molecular complexity index is 1280. The number of aliphatic carboxylic acids is 1. The molecule has 37 heavy (non-hydrogen) atoms. The highest BCUT2D eigenvalue weighted by molar-refractivity contribution is 7.99. The highest BCUT2D eigenvalue weighted by Crippen LogP contribution is 2.41. The van der Waals surface area contributed by atoms with Crippen molar-refractivity contribution in [3.05, 3.63) is 63.2 Å². The molecule has 5 atom stereocenters. The van der Waals surface area contributed by atoms with Gasteiger partial charge in [0.15, 0.2) is 0 Å². The Kier molecular flexibility index (Phi) is 8.92. The number of carbonyl (C=O) groups is 1. The van der Waals surface area contributed by atoms with E-state index >= 15 is 0 Å². The number of hydrogen-bond donors (Lipinski definition) is 3. The number of aliphatic hydroxyl groups is 2. The van der Waals surface area contributed by atoms with Gasteiger partial charge < -0.3 is 24.8 Å². The molecule has 2 aromatic carbocycles. The number of ether oxygens (including phenoxy) is 2. The second kappa shape index (κ2) is 11.8. The van der Waals surface area contributed by atoms with Crippen molar-refractivity contribution >= 4 is 52.5 Å². The summed E-state index contributed by atoms with van der Waals surface area (Å²) in [6.07, 6.45) is -2.38. The van der Waals surface area contributed by atoms with Crippen molar-refractivity contribution < 1.29 is 38.4 Å². The summed E-state index contributed by atoms with van der Waals surface area (Å²) in [5.41, 5.74) is -0.893. The van der Waals surface area contributed by atoms with Crippen LogP contribution in [0.2, 0.25) is 15.1 Å². The summed E-state index contributed by atoms with van der Waals surface area (Å²) in [7, 11) is 0. The number of nitrogens with zero attached hydrogens (tertiary/aromatic N) is 3. The van der Waals surface area contributed by atoms with E-state index in [1.165, 1.54) is 10.9 Å². The van der Waals surface area contributed by atoms with E-state index in [1.54, 1.807) is 18.2 Å². The Balaban J connectivity index is 1.72. The molecule has 1 aromatic heterocycles. The Morgan fingerprint density at radius 2 is 1.86 bits per heavy atom. The van der Waals surface area contributed by atoms with Crippen LogP contribution in [0.3, 0.4) is 0 Å². The molecule has 15 heteroatoms. The molecule has 2 unspecified atom stereocenters. The molecule has 198 valence electrons. The number of carboxylic acid groups (broad SMARTS) is 1. The van der Waals surface area contributed by atoms with Crippen molar-refractivity contribution in [1.82, 2.24) is 15.0 Å². The van der Waals surface area contributed by atoms with Crippen molar-refractivity contribution in [2.45, 2.75) is 34.7 Å². The van der Waals surface area contributed by atoms with E-state index in [1.807, 2.05) is 0 Å². The number of hydrogen-bond acceptors (Lipinski definition) is 8. The monoisotopic (exact) mass is 595 g/mol. The fraction of sp³-hybridized carbons (Fsp3) is 0.318. The molecule has 2 heterocycles. The molecule has 4 rings (SSSR count). The minimum absolute atomic E-state index is 0.0237. The summed E-state index contributed by atoms with van der Waals surface area (Å²) in [4.78, 5) is 11.9. The van der Waals surface area contributed by atoms with E-state index in [0.29, 0.717) is 9.92 Å². The number of carboxylic acids is 1. The van der Waals surface area contributed by atoms with Crippen molar-refractivity contribution in [1.29, 1.82) is 0 Å². The summed E-state index contributed by atoms with van der Waals surface area (Å²) in [6.45, 7) is -1.33. The molecule has 0 spiro atoms. The first kappa shape index (κ1) is 28.0. The number of rotatable bonds is 8. The molecule has 3 aromatic rings. The third-order valence-electron chi connectivity index (χ3n) is 5.46. The predicted octanol–water partition coefficient (Wildman–Crippen LogP) is 4.06. The Morgan fingerprint density at radius 3 is 2.49 bits per heavy atom. The van der Waals surface area contributed by atoms with Crippen LogP contribution in [0.5, 0.6) is 0 Å². The predicted molar refractivity (Wildman–Crippen MR) is 131 cm³/mol. The lowest BCUT2D eigenvalue weighted by atomic mass is 9.97. The summed E-state index contributed by atoms with van der Waals surface area (Å²) < 4.78 is 40.6. The van der Waals surface area contributed by atoms with Gasteiger partial charge in [-0.15, -0.1) is 5.10 Å². The first-order chi connectivity index (χ1) is 17.6. The fourth-order valence-electron chi connectivity index (χ4n) is 3.75. The molecule has 0 aliphatic carbocycles. The van der Waals surface area contributed by atoms with E-state index < -0.39 is 65.6 Å². The van der Waals surface area contributed by atoms with Crippen molar-refractivity contribution in [3.8, 4) is 11.3 Å². The van der Waals surface area contributed by atoms with Crippen molar-refractivity contribution in [3.63, 3.8) is 0 Å². The fourth-order valence-corrected chi connectivity index (χ4v) is 5.39. The average Bonchev–Trinajstić information content (AvgIpc) is 3.34. The maximum Gasteiger partial charge on any atom is 0.329 e. The SMILES string of the molecule is O=C(O)CO[C@H]1C(n2cc(-c3cc(F)c(Cl)c(F)c3)nn2)[C@@H](O)C(CO)O[C@@H]1Sc1ccc(Cl)c(Cl)c1. The van der Waals surface area contributed by atoms with Crippen LogP contribution in [-0.2, 0) is 14.3 Å². The average molecular weight is 597 g/mol. The van der Waals surface area contributed by atoms with Crippen LogP contribution in [0.25, 0.3) is 11.3 Å². The minimum Gasteiger partial charge on any atom is -0.480 e. The zero-order valence-corrected chi connectivity index (χ0v) is 21.6. The molecule has 0 saturated carbocycles. The Morgan fingerprint density at radius 1 is 1.16 bits per heavy atom. The lowest BCUT2D eigenvalue weighted by molar-refractivity contribution is -0.196. The first-order valence-corrected chi connectivity index (χ1v) is 12.6. The topological polar surface area (TPSA) is 127 Å². The molecule has 0 bridgehead atoms. The lowest BCUT2D eigenvalue weighted by Gasteiger charge is -2.43. The van der Waals surface area contributed by atoms with Gasteiger partial charge in [0.2, 0.25) is 0 Å².